The van der Waals surface area contributed by atoms with Crippen LogP contribution in [0.4, 0.5) is 5.69 Å². The molecule has 0 bridgehead atoms. The fourth-order valence-electron chi connectivity index (χ4n) is 3.48. The summed E-state index contributed by atoms with van der Waals surface area (Å²) < 4.78 is 16.1. The van der Waals surface area contributed by atoms with E-state index in [0.29, 0.717) is 23.7 Å². The van der Waals surface area contributed by atoms with Crippen LogP contribution in [0.5, 0.6) is 17.2 Å². The van der Waals surface area contributed by atoms with Crippen molar-refractivity contribution in [3.8, 4) is 17.2 Å². The molecule has 7 nitrogen and oxygen atoms in total. The minimum absolute atomic E-state index is 0.0704. The Kier molecular flexibility index (Phi) is 6.73. The van der Waals surface area contributed by atoms with Crippen molar-refractivity contribution in [2.24, 2.45) is 0 Å². The molecule has 0 saturated carbocycles. The van der Waals surface area contributed by atoms with Gasteiger partial charge >= 0.3 is 0 Å². The van der Waals surface area contributed by atoms with E-state index in [1.165, 1.54) is 0 Å². The van der Waals surface area contributed by atoms with E-state index < -0.39 is 0 Å². The van der Waals surface area contributed by atoms with Crippen molar-refractivity contribution in [3.05, 3.63) is 48.0 Å². The molecule has 1 amide bonds. The Hall–Kier alpha value is -2.77. The Morgan fingerprint density at radius 3 is 2.57 bits per heavy atom. The number of ether oxygens (including phenoxy) is 3. The van der Waals surface area contributed by atoms with Gasteiger partial charge in [0.1, 0.15) is 5.75 Å². The van der Waals surface area contributed by atoms with Gasteiger partial charge < -0.3 is 24.8 Å². The van der Waals surface area contributed by atoms with Crippen molar-refractivity contribution < 1.29 is 19.0 Å². The van der Waals surface area contributed by atoms with Gasteiger partial charge in [0, 0.05) is 37.0 Å². The topological polar surface area (TPSA) is 72.1 Å². The minimum Gasteiger partial charge on any atom is -0.496 e. The number of methoxy groups -OCH3 is 3. The monoisotopic (exact) mass is 385 g/mol. The molecular formula is C21H27N3O4. The largest absolute Gasteiger partial charge is 0.496 e. The smallest absolute Gasteiger partial charge is 0.238 e. The van der Waals surface area contributed by atoms with Gasteiger partial charge in [-0.25, -0.2) is 0 Å². The molecule has 150 valence electrons. The van der Waals surface area contributed by atoms with Crippen LogP contribution in [0, 0.1) is 0 Å². The minimum atomic E-state index is -0.0750. The molecule has 0 spiro atoms. The first-order valence-corrected chi connectivity index (χ1v) is 9.25. The number of piperazine rings is 1. The Morgan fingerprint density at radius 1 is 1.07 bits per heavy atom. The third-order valence-corrected chi connectivity index (χ3v) is 4.87. The lowest BCUT2D eigenvalue weighted by Gasteiger charge is -2.36. The van der Waals surface area contributed by atoms with Crippen LogP contribution in [-0.4, -0.2) is 58.3 Å². The fraction of sp³-hybridized carbons (Fsp3) is 0.381. The van der Waals surface area contributed by atoms with Crippen LogP contribution in [0.25, 0.3) is 0 Å². The van der Waals surface area contributed by atoms with Gasteiger partial charge in [-0.15, -0.1) is 0 Å². The Balaban J connectivity index is 1.71. The van der Waals surface area contributed by atoms with Gasteiger partial charge in [0.2, 0.25) is 5.91 Å². The summed E-state index contributed by atoms with van der Waals surface area (Å²) in [4.78, 5) is 14.9. The van der Waals surface area contributed by atoms with Gasteiger partial charge in [-0.2, -0.15) is 0 Å². The van der Waals surface area contributed by atoms with Crippen molar-refractivity contribution in [1.82, 2.24) is 10.2 Å². The number of anilines is 1. The number of hydrogen-bond donors (Lipinski definition) is 2. The van der Waals surface area contributed by atoms with E-state index in [1.807, 2.05) is 18.2 Å². The first-order chi connectivity index (χ1) is 13.7. The van der Waals surface area contributed by atoms with Gasteiger partial charge in [-0.3, -0.25) is 9.69 Å². The molecule has 2 aromatic carbocycles. The summed E-state index contributed by atoms with van der Waals surface area (Å²) in [6.45, 7) is 2.68. The van der Waals surface area contributed by atoms with Gasteiger partial charge in [0.15, 0.2) is 11.5 Å². The second-order valence-corrected chi connectivity index (χ2v) is 6.55. The van der Waals surface area contributed by atoms with E-state index in [1.54, 1.807) is 39.5 Å². The zero-order chi connectivity index (χ0) is 19.9. The van der Waals surface area contributed by atoms with Crippen molar-refractivity contribution in [2.45, 2.75) is 6.04 Å². The number of para-hydroxylation sites is 1. The third-order valence-electron chi connectivity index (χ3n) is 4.87. The molecular weight excluding hydrogens is 358 g/mol. The molecule has 0 aliphatic carbocycles. The average Bonchev–Trinajstić information content (AvgIpc) is 2.74. The standard InChI is InChI=1S/C21H27N3O4/c1-26-18-7-5-4-6-16(18)17-13-22-10-11-24(17)14-21(25)23-15-8-9-19(27-2)20(12-15)28-3/h4-9,12,17,22H,10-11,13-14H2,1-3H3,(H,23,25). The molecule has 7 heteroatoms. The Labute approximate surface area is 165 Å². The van der Waals surface area contributed by atoms with Gasteiger partial charge in [0.25, 0.3) is 0 Å². The molecule has 2 aromatic rings. The maximum absolute atomic E-state index is 12.7. The highest BCUT2D eigenvalue weighted by Gasteiger charge is 2.27. The van der Waals surface area contributed by atoms with Crippen molar-refractivity contribution in [2.75, 3.05) is 52.8 Å². The van der Waals surface area contributed by atoms with Crippen molar-refractivity contribution in [1.29, 1.82) is 0 Å². The number of carbonyl (C=O) groups excluding carboxylic acids is 1. The van der Waals surface area contributed by atoms with E-state index in [9.17, 15) is 4.79 Å². The van der Waals surface area contributed by atoms with E-state index in [-0.39, 0.29) is 11.9 Å². The molecule has 0 aromatic heterocycles. The van der Waals surface area contributed by atoms with Crippen LogP contribution < -0.4 is 24.8 Å². The predicted molar refractivity (Wildman–Crippen MR) is 108 cm³/mol. The second-order valence-electron chi connectivity index (χ2n) is 6.55. The van der Waals surface area contributed by atoms with Gasteiger partial charge in [0.05, 0.1) is 33.9 Å². The van der Waals surface area contributed by atoms with E-state index in [2.05, 4.69) is 21.6 Å². The molecule has 1 aliphatic heterocycles. The van der Waals surface area contributed by atoms with Crippen LogP contribution >= 0.6 is 0 Å². The number of benzene rings is 2. The van der Waals surface area contributed by atoms with Gasteiger partial charge in [-0.05, 0) is 18.2 Å². The lowest BCUT2D eigenvalue weighted by atomic mass is 10.0. The van der Waals surface area contributed by atoms with Crippen LogP contribution in [0.1, 0.15) is 11.6 Å². The maximum atomic E-state index is 12.7. The third kappa shape index (κ3) is 4.55. The summed E-state index contributed by atoms with van der Waals surface area (Å²) in [5.74, 6) is 1.96. The number of nitrogens with zero attached hydrogens (tertiary/aromatic N) is 1. The summed E-state index contributed by atoms with van der Waals surface area (Å²) in [6, 6.07) is 13.3. The number of amides is 1. The van der Waals surface area contributed by atoms with E-state index in [0.717, 1.165) is 30.9 Å². The van der Waals surface area contributed by atoms with Crippen LogP contribution in [0.15, 0.2) is 42.5 Å². The van der Waals surface area contributed by atoms with Crippen LogP contribution in [0.2, 0.25) is 0 Å². The lowest BCUT2D eigenvalue weighted by Crippen LogP contribution is -2.48. The zero-order valence-electron chi connectivity index (χ0n) is 16.5. The molecule has 2 N–H and O–H groups in total. The first-order valence-electron chi connectivity index (χ1n) is 9.25. The highest BCUT2D eigenvalue weighted by Crippen LogP contribution is 2.31. The quantitative estimate of drug-likeness (QED) is 0.762. The summed E-state index contributed by atoms with van der Waals surface area (Å²) >= 11 is 0. The SMILES string of the molecule is COc1ccc(NC(=O)CN2CCNCC2c2ccccc2OC)cc1OC. The Bertz CT molecular complexity index is 812. The molecule has 28 heavy (non-hydrogen) atoms. The first kappa shape index (κ1) is 20.0. The number of nitrogens with one attached hydrogen (secondary N) is 2. The molecule has 1 atom stereocenters. The maximum Gasteiger partial charge on any atom is 0.238 e. The predicted octanol–water partition coefficient (Wildman–Crippen LogP) is 2.30. The van der Waals surface area contributed by atoms with Crippen LogP contribution in [0.3, 0.4) is 0 Å². The average molecular weight is 385 g/mol. The van der Waals surface area contributed by atoms with Gasteiger partial charge in [-0.1, -0.05) is 18.2 Å². The van der Waals surface area contributed by atoms with Crippen LogP contribution in [-0.2, 0) is 4.79 Å². The summed E-state index contributed by atoms with van der Waals surface area (Å²) in [5, 5.41) is 6.35. The molecule has 1 aliphatic rings. The fourth-order valence-corrected chi connectivity index (χ4v) is 3.48. The molecule has 0 radical (unpaired) electrons. The van der Waals surface area contributed by atoms with E-state index >= 15 is 0 Å². The summed E-state index contributed by atoms with van der Waals surface area (Å²) in [6.07, 6.45) is 0. The summed E-state index contributed by atoms with van der Waals surface area (Å²) in [7, 11) is 4.82. The molecule has 3 rings (SSSR count). The Morgan fingerprint density at radius 2 is 1.82 bits per heavy atom. The molecule has 1 heterocycles. The second kappa shape index (κ2) is 9.43. The van der Waals surface area contributed by atoms with Crippen molar-refractivity contribution in [3.63, 3.8) is 0 Å². The summed E-state index contributed by atoms with van der Waals surface area (Å²) in [5.41, 5.74) is 1.75. The number of carbonyl (C=O) groups is 1. The lowest BCUT2D eigenvalue weighted by molar-refractivity contribution is -0.118. The molecule has 1 fully saturated rings. The highest BCUT2D eigenvalue weighted by atomic mass is 16.5. The number of hydrogen-bond acceptors (Lipinski definition) is 6. The molecule has 1 unspecified atom stereocenters. The van der Waals surface area contributed by atoms with E-state index in [4.69, 9.17) is 14.2 Å². The normalized spacial score (nSPS) is 17.0. The van der Waals surface area contributed by atoms with Crippen molar-refractivity contribution >= 4 is 11.6 Å². The highest BCUT2D eigenvalue weighted by molar-refractivity contribution is 5.92. The molecule has 1 saturated heterocycles. The number of rotatable bonds is 7. The zero-order valence-corrected chi connectivity index (χ0v) is 16.5.